The molecule has 0 saturated heterocycles. The van der Waals surface area contributed by atoms with Crippen molar-refractivity contribution in [3.63, 3.8) is 0 Å². The van der Waals surface area contributed by atoms with Crippen LogP contribution in [-0.2, 0) is 33.7 Å². The van der Waals surface area contributed by atoms with Crippen LogP contribution in [0.15, 0.2) is 6.07 Å². The van der Waals surface area contributed by atoms with E-state index in [0.717, 1.165) is 17.8 Å². The maximum absolute atomic E-state index is 11.7. The highest BCUT2D eigenvalue weighted by atomic mass is 16.5. The number of aliphatic carboxylic acids is 1. The molecule has 0 fully saturated rings. The highest BCUT2D eigenvalue weighted by Crippen LogP contribution is 2.25. The zero-order valence-corrected chi connectivity index (χ0v) is 11.8. The number of carboxylic acids is 1. The van der Waals surface area contributed by atoms with E-state index in [1.807, 2.05) is 19.9 Å². The third-order valence-electron chi connectivity index (χ3n) is 3.22. The Hall–Kier alpha value is -1.85. The topological polar surface area (TPSA) is 81.4 Å². The number of nitrogens with zero attached hydrogens (tertiary/aromatic N) is 2. The van der Waals surface area contributed by atoms with E-state index in [-0.39, 0.29) is 6.42 Å². The van der Waals surface area contributed by atoms with Gasteiger partial charge in [-0.25, -0.2) is 0 Å². The summed E-state index contributed by atoms with van der Waals surface area (Å²) in [5, 5.41) is 13.6. The van der Waals surface area contributed by atoms with E-state index in [9.17, 15) is 14.7 Å². The monoisotopic (exact) mass is 268 g/mol. The van der Waals surface area contributed by atoms with Crippen LogP contribution in [0.1, 0.15) is 32.2 Å². The molecule has 0 saturated carbocycles. The molecule has 0 amide bonds. The number of carboxylic acid groups (broad SMARTS) is 1. The van der Waals surface area contributed by atoms with Crippen LogP contribution in [-0.4, -0.2) is 33.9 Å². The molecule has 1 atom stereocenters. The van der Waals surface area contributed by atoms with Crippen molar-refractivity contribution in [2.75, 3.05) is 7.11 Å². The molecule has 0 spiro atoms. The number of carbonyl (C=O) groups is 2. The Morgan fingerprint density at radius 1 is 1.47 bits per heavy atom. The largest absolute Gasteiger partial charge is 0.480 e. The van der Waals surface area contributed by atoms with E-state index in [0.29, 0.717) is 6.54 Å². The summed E-state index contributed by atoms with van der Waals surface area (Å²) in [6.07, 6.45) is 0.831. The van der Waals surface area contributed by atoms with Crippen molar-refractivity contribution in [3.05, 3.63) is 17.5 Å². The number of methoxy groups -OCH3 is 1. The van der Waals surface area contributed by atoms with Crippen molar-refractivity contribution in [1.29, 1.82) is 0 Å². The van der Waals surface area contributed by atoms with Crippen LogP contribution in [0.3, 0.4) is 0 Å². The summed E-state index contributed by atoms with van der Waals surface area (Å²) < 4.78 is 6.33. The summed E-state index contributed by atoms with van der Waals surface area (Å²) in [5.41, 5.74) is 0.0244. The molecule has 6 nitrogen and oxygen atoms in total. The van der Waals surface area contributed by atoms with Gasteiger partial charge in [0, 0.05) is 18.7 Å². The van der Waals surface area contributed by atoms with Gasteiger partial charge in [0.1, 0.15) is 0 Å². The van der Waals surface area contributed by atoms with Crippen molar-refractivity contribution >= 4 is 11.9 Å². The lowest BCUT2D eigenvalue weighted by Gasteiger charge is -2.21. The Kier molecular flexibility index (Phi) is 4.69. The minimum Gasteiger partial charge on any atom is -0.480 e. The second-order valence-corrected chi connectivity index (χ2v) is 4.60. The normalized spacial score (nSPS) is 13.9. The van der Waals surface area contributed by atoms with Crippen molar-refractivity contribution < 1.29 is 19.4 Å². The average Bonchev–Trinajstić information content (AvgIpc) is 2.79. The summed E-state index contributed by atoms with van der Waals surface area (Å²) in [5.74, 6) is -1.94. The zero-order chi connectivity index (χ0) is 14.6. The lowest BCUT2D eigenvalue weighted by molar-refractivity contribution is -0.165. The first-order chi connectivity index (χ1) is 8.88. The van der Waals surface area contributed by atoms with E-state index in [4.69, 9.17) is 0 Å². The molecule has 0 bridgehead atoms. The van der Waals surface area contributed by atoms with Gasteiger partial charge in [0.15, 0.2) is 5.41 Å². The van der Waals surface area contributed by atoms with Crippen LogP contribution in [0.25, 0.3) is 0 Å². The molecule has 0 aliphatic rings. The maximum atomic E-state index is 11.7. The van der Waals surface area contributed by atoms with Crippen molar-refractivity contribution in [2.24, 2.45) is 5.41 Å². The number of hydrogen-bond donors (Lipinski definition) is 1. The fourth-order valence-electron chi connectivity index (χ4n) is 1.93. The quantitative estimate of drug-likeness (QED) is 0.620. The van der Waals surface area contributed by atoms with E-state index < -0.39 is 17.4 Å². The Morgan fingerprint density at radius 2 is 2.11 bits per heavy atom. The zero-order valence-electron chi connectivity index (χ0n) is 11.8. The van der Waals surface area contributed by atoms with Crippen LogP contribution in [0.2, 0.25) is 0 Å². The van der Waals surface area contributed by atoms with Gasteiger partial charge in [-0.05, 0) is 26.3 Å². The van der Waals surface area contributed by atoms with E-state index in [2.05, 4.69) is 9.84 Å². The fourth-order valence-corrected chi connectivity index (χ4v) is 1.93. The highest BCUT2D eigenvalue weighted by molar-refractivity contribution is 5.98. The first kappa shape index (κ1) is 15.2. The van der Waals surface area contributed by atoms with Crippen LogP contribution in [0, 0.1) is 5.41 Å². The van der Waals surface area contributed by atoms with E-state index >= 15 is 0 Å². The average molecular weight is 268 g/mol. The highest BCUT2D eigenvalue weighted by Gasteiger charge is 2.43. The van der Waals surface area contributed by atoms with Gasteiger partial charge in [0.2, 0.25) is 0 Å². The molecule has 1 aromatic rings. The van der Waals surface area contributed by atoms with Gasteiger partial charge >= 0.3 is 11.9 Å². The molecular formula is C13H20N2O4. The van der Waals surface area contributed by atoms with Gasteiger partial charge < -0.3 is 9.84 Å². The number of ether oxygens (including phenoxy) is 1. The molecule has 6 heteroatoms. The Morgan fingerprint density at radius 3 is 2.53 bits per heavy atom. The Labute approximate surface area is 112 Å². The van der Waals surface area contributed by atoms with Gasteiger partial charge in [-0.1, -0.05) is 6.92 Å². The summed E-state index contributed by atoms with van der Waals surface area (Å²) in [7, 11) is 1.19. The van der Waals surface area contributed by atoms with Crippen LogP contribution < -0.4 is 0 Å². The molecule has 1 heterocycles. The fraction of sp³-hybridized carbons (Fsp3) is 0.615. The summed E-state index contributed by atoms with van der Waals surface area (Å²) in [6, 6.07) is 1.84. The second kappa shape index (κ2) is 5.86. The van der Waals surface area contributed by atoms with Gasteiger partial charge in [-0.2, -0.15) is 5.10 Å². The molecule has 1 aromatic heterocycles. The van der Waals surface area contributed by atoms with Crippen molar-refractivity contribution in [2.45, 2.75) is 40.2 Å². The van der Waals surface area contributed by atoms with Crippen LogP contribution >= 0.6 is 0 Å². The lowest BCUT2D eigenvalue weighted by atomic mass is 9.85. The predicted octanol–water partition coefficient (Wildman–Crippen LogP) is 1.27. The molecule has 0 aromatic carbocycles. The third kappa shape index (κ3) is 2.94. The number of aryl methyl sites for hydroxylation is 2. The Balaban J connectivity index is 3.13. The summed E-state index contributed by atoms with van der Waals surface area (Å²) in [4.78, 5) is 23.1. The van der Waals surface area contributed by atoms with Crippen molar-refractivity contribution in [3.8, 4) is 0 Å². The molecule has 19 heavy (non-hydrogen) atoms. The summed E-state index contributed by atoms with van der Waals surface area (Å²) in [6.45, 7) is 5.90. The second-order valence-electron chi connectivity index (χ2n) is 4.60. The van der Waals surface area contributed by atoms with Gasteiger partial charge in [0.25, 0.3) is 0 Å². The first-order valence-corrected chi connectivity index (χ1v) is 6.26. The number of rotatable bonds is 6. The van der Waals surface area contributed by atoms with Crippen LogP contribution in [0.5, 0.6) is 0 Å². The van der Waals surface area contributed by atoms with E-state index in [1.165, 1.54) is 14.0 Å². The van der Waals surface area contributed by atoms with E-state index in [1.54, 1.807) is 4.68 Å². The number of carbonyl (C=O) groups excluding carboxylic acids is 1. The van der Waals surface area contributed by atoms with Gasteiger partial charge in [0.05, 0.1) is 12.8 Å². The van der Waals surface area contributed by atoms with Crippen molar-refractivity contribution in [1.82, 2.24) is 9.78 Å². The molecule has 0 aliphatic heterocycles. The molecule has 1 unspecified atom stereocenters. The number of hydrogen-bond acceptors (Lipinski definition) is 4. The third-order valence-corrected chi connectivity index (χ3v) is 3.22. The number of esters is 1. The number of aromatic nitrogens is 2. The minimum atomic E-state index is -1.59. The van der Waals surface area contributed by atoms with Gasteiger partial charge in [-0.3, -0.25) is 14.3 Å². The lowest BCUT2D eigenvalue weighted by Crippen LogP contribution is -2.40. The molecule has 106 valence electrons. The molecule has 1 N–H and O–H groups in total. The molecule has 0 aliphatic carbocycles. The minimum absolute atomic E-state index is 0.0653. The van der Waals surface area contributed by atoms with Gasteiger partial charge in [-0.15, -0.1) is 0 Å². The molecule has 0 radical (unpaired) electrons. The molecule has 1 rings (SSSR count). The summed E-state index contributed by atoms with van der Waals surface area (Å²) >= 11 is 0. The SMILES string of the molecule is CCc1cc(CC(C)(C(=O)O)C(=O)OC)n(CC)n1. The standard InChI is InChI=1S/C13H20N2O4/c1-5-9-7-10(15(6-2)14-9)8-13(3,11(16)17)12(18)19-4/h7H,5-6,8H2,1-4H3,(H,16,17). The molecular weight excluding hydrogens is 248 g/mol. The van der Waals surface area contributed by atoms with Crippen LogP contribution in [0.4, 0.5) is 0 Å². The Bertz CT molecular complexity index is 481. The smallest absolute Gasteiger partial charge is 0.323 e. The predicted molar refractivity (Wildman–Crippen MR) is 68.7 cm³/mol. The maximum Gasteiger partial charge on any atom is 0.323 e. The first-order valence-electron chi connectivity index (χ1n) is 6.26.